The van der Waals surface area contributed by atoms with Crippen molar-refractivity contribution >= 4 is 49.0 Å². The Morgan fingerprint density at radius 3 is 1.28 bits per heavy atom. The van der Waals surface area contributed by atoms with Gasteiger partial charge in [0.2, 0.25) is 0 Å². The molecule has 0 saturated heterocycles. The highest BCUT2D eigenvalue weighted by molar-refractivity contribution is 6.21. The molecule has 2 heteroatoms. The summed E-state index contributed by atoms with van der Waals surface area (Å²) in [6.07, 6.45) is 0. The van der Waals surface area contributed by atoms with Gasteiger partial charge in [-0.25, -0.2) is 4.85 Å². The molecular weight excluding hydrogens is 641 g/mol. The van der Waals surface area contributed by atoms with Gasteiger partial charge >= 0.3 is 0 Å². The summed E-state index contributed by atoms with van der Waals surface area (Å²) in [6, 6.07) is 69.1. The molecule has 1 aromatic heterocycles. The summed E-state index contributed by atoms with van der Waals surface area (Å²) in [5, 5.41) is 7.44. The van der Waals surface area contributed by atoms with E-state index in [2.05, 4.69) is 197 Å². The fourth-order valence-electron chi connectivity index (χ4n) is 8.22. The Hall–Kier alpha value is -7.21. The molecule has 0 saturated carbocycles. The topological polar surface area (TPSA) is 9.29 Å². The first-order valence-electron chi connectivity index (χ1n) is 18.0. The van der Waals surface area contributed by atoms with Crippen LogP contribution >= 0.6 is 0 Å². The van der Waals surface area contributed by atoms with Crippen LogP contribution in [0, 0.1) is 6.57 Å². The third-order valence-corrected chi connectivity index (χ3v) is 10.6. The van der Waals surface area contributed by atoms with Crippen LogP contribution in [0.1, 0.15) is 0 Å². The van der Waals surface area contributed by atoms with E-state index < -0.39 is 0 Å². The molecule has 0 N–H and O–H groups in total. The number of rotatable bonds is 5. The molecule has 0 spiro atoms. The molecule has 9 aromatic carbocycles. The first-order valence-corrected chi connectivity index (χ1v) is 18.0. The van der Waals surface area contributed by atoms with Gasteiger partial charge in [0, 0.05) is 16.5 Å². The standard InChI is InChI=1S/C51H32N2/c1-52-47-32-29-38(34-27-30-39(31-28-34)53-48-21-11-9-15-40(48)41-16-10-12-22-49(41)53)33-46(47)35-23-25-37(26-24-35)51-44-19-7-5-17-42(44)50(36-13-3-2-4-14-36)43-18-6-8-20-45(43)51/h2-33H. The quantitative estimate of drug-likeness (QED) is 0.127. The van der Waals surface area contributed by atoms with Gasteiger partial charge in [-0.05, 0) is 90.3 Å². The Morgan fingerprint density at radius 2 is 0.755 bits per heavy atom. The van der Waals surface area contributed by atoms with E-state index >= 15 is 0 Å². The maximum atomic E-state index is 8.02. The van der Waals surface area contributed by atoms with Gasteiger partial charge in [0.25, 0.3) is 0 Å². The fourth-order valence-corrected chi connectivity index (χ4v) is 8.22. The minimum absolute atomic E-state index is 0.645. The minimum Gasteiger partial charge on any atom is -0.309 e. The van der Waals surface area contributed by atoms with Crippen molar-refractivity contribution in [2.24, 2.45) is 0 Å². The van der Waals surface area contributed by atoms with Gasteiger partial charge in [0.05, 0.1) is 17.6 Å². The van der Waals surface area contributed by atoms with Gasteiger partial charge in [-0.15, -0.1) is 0 Å². The molecule has 0 bridgehead atoms. The summed E-state index contributed by atoms with van der Waals surface area (Å²) in [6.45, 7) is 8.02. The van der Waals surface area contributed by atoms with E-state index in [-0.39, 0.29) is 0 Å². The van der Waals surface area contributed by atoms with E-state index in [4.69, 9.17) is 6.57 Å². The predicted octanol–water partition coefficient (Wildman–Crippen LogP) is 14.3. The zero-order valence-electron chi connectivity index (χ0n) is 28.9. The van der Waals surface area contributed by atoms with Crippen molar-refractivity contribution in [3.63, 3.8) is 0 Å². The van der Waals surface area contributed by atoms with Gasteiger partial charge in [0.1, 0.15) is 0 Å². The van der Waals surface area contributed by atoms with Crippen molar-refractivity contribution < 1.29 is 0 Å². The van der Waals surface area contributed by atoms with E-state index in [0.29, 0.717) is 5.69 Å². The van der Waals surface area contributed by atoms with Crippen molar-refractivity contribution in [3.8, 4) is 50.2 Å². The molecular formula is C51H32N2. The van der Waals surface area contributed by atoms with Crippen LogP contribution in [0.5, 0.6) is 0 Å². The predicted molar refractivity (Wildman–Crippen MR) is 224 cm³/mol. The number of para-hydroxylation sites is 2. The lowest BCUT2D eigenvalue weighted by Crippen LogP contribution is -1.93. The van der Waals surface area contributed by atoms with Gasteiger partial charge in [-0.3, -0.25) is 0 Å². The summed E-state index contributed by atoms with van der Waals surface area (Å²) in [5.74, 6) is 0. The van der Waals surface area contributed by atoms with Crippen molar-refractivity contribution in [1.29, 1.82) is 0 Å². The van der Waals surface area contributed by atoms with Crippen LogP contribution in [-0.4, -0.2) is 4.57 Å². The number of nitrogens with zero attached hydrogens (tertiary/aromatic N) is 2. The van der Waals surface area contributed by atoms with E-state index in [1.54, 1.807) is 0 Å². The monoisotopic (exact) mass is 672 g/mol. The summed E-state index contributed by atoms with van der Waals surface area (Å²) in [7, 11) is 0. The maximum absolute atomic E-state index is 8.02. The first kappa shape index (κ1) is 30.6. The Balaban J connectivity index is 1.05. The Morgan fingerprint density at radius 1 is 0.340 bits per heavy atom. The third-order valence-electron chi connectivity index (χ3n) is 10.6. The third kappa shape index (κ3) is 5.02. The van der Waals surface area contributed by atoms with Crippen LogP contribution in [0.15, 0.2) is 194 Å². The van der Waals surface area contributed by atoms with Crippen molar-refractivity contribution in [1.82, 2.24) is 4.57 Å². The van der Waals surface area contributed by atoms with Gasteiger partial charge in [-0.2, -0.15) is 0 Å². The molecule has 0 unspecified atom stereocenters. The van der Waals surface area contributed by atoms with Crippen molar-refractivity contribution in [2.45, 2.75) is 0 Å². The zero-order valence-corrected chi connectivity index (χ0v) is 28.9. The lowest BCUT2D eigenvalue weighted by Gasteiger charge is -2.18. The Labute approximate surface area is 308 Å². The second-order valence-corrected chi connectivity index (χ2v) is 13.5. The highest BCUT2D eigenvalue weighted by Crippen LogP contribution is 2.44. The number of aromatic nitrogens is 1. The Kier molecular flexibility index (Phi) is 7.23. The summed E-state index contributed by atoms with van der Waals surface area (Å²) >= 11 is 0. The van der Waals surface area contributed by atoms with Crippen LogP contribution in [0.25, 0.3) is 98.4 Å². The number of fused-ring (bicyclic) bond motifs is 5. The average molecular weight is 673 g/mol. The fraction of sp³-hybridized carbons (Fsp3) is 0. The molecule has 2 nitrogen and oxygen atoms in total. The second kappa shape index (κ2) is 12.5. The van der Waals surface area contributed by atoms with Gasteiger partial charge < -0.3 is 4.57 Å². The number of benzene rings is 9. The lowest BCUT2D eigenvalue weighted by atomic mass is 9.85. The van der Waals surface area contributed by atoms with Crippen LogP contribution in [-0.2, 0) is 0 Å². The zero-order chi connectivity index (χ0) is 35.3. The first-order chi connectivity index (χ1) is 26.3. The highest BCUT2D eigenvalue weighted by Gasteiger charge is 2.17. The summed E-state index contributed by atoms with van der Waals surface area (Å²) in [5.41, 5.74) is 13.2. The molecule has 10 aromatic rings. The molecule has 0 aliphatic carbocycles. The molecule has 246 valence electrons. The molecule has 53 heavy (non-hydrogen) atoms. The molecule has 0 atom stereocenters. The average Bonchev–Trinajstić information content (AvgIpc) is 3.57. The van der Waals surface area contributed by atoms with Gasteiger partial charge in [0.15, 0.2) is 5.69 Å². The molecule has 10 rings (SSSR count). The molecule has 1 heterocycles. The van der Waals surface area contributed by atoms with Crippen molar-refractivity contribution in [2.75, 3.05) is 0 Å². The normalized spacial score (nSPS) is 11.4. The summed E-state index contributed by atoms with van der Waals surface area (Å²) < 4.78 is 2.34. The highest BCUT2D eigenvalue weighted by atomic mass is 15.0. The van der Waals surface area contributed by atoms with E-state index in [1.807, 2.05) is 6.07 Å². The largest absolute Gasteiger partial charge is 0.309 e. The van der Waals surface area contributed by atoms with Gasteiger partial charge in [-0.1, -0.05) is 170 Å². The van der Waals surface area contributed by atoms with Crippen LogP contribution in [0.3, 0.4) is 0 Å². The second-order valence-electron chi connectivity index (χ2n) is 13.5. The van der Waals surface area contributed by atoms with Crippen LogP contribution < -0.4 is 0 Å². The maximum Gasteiger partial charge on any atom is 0.194 e. The molecule has 0 amide bonds. The van der Waals surface area contributed by atoms with E-state index in [0.717, 1.165) is 33.5 Å². The number of hydrogen-bond acceptors (Lipinski definition) is 0. The summed E-state index contributed by atoms with van der Waals surface area (Å²) in [4.78, 5) is 3.94. The minimum atomic E-state index is 0.645. The number of hydrogen-bond donors (Lipinski definition) is 0. The molecule has 0 aliphatic heterocycles. The molecule has 0 aliphatic rings. The SMILES string of the molecule is [C-]#[N+]c1ccc(-c2ccc(-n3c4ccccc4c4ccccc43)cc2)cc1-c1ccc(-c2c3ccccc3c(-c3ccccc3)c3ccccc23)cc1. The van der Waals surface area contributed by atoms with E-state index in [9.17, 15) is 0 Å². The Bertz CT molecular complexity index is 2920. The molecule has 0 radical (unpaired) electrons. The van der Waals surface area contributed by atoms with Crippen LogP contribution in [0.2, 0.25) is 0 Å². The van der Waals surface area contributed by atoms with E-state index in [1.165, 1.54) is 60.0 Å². The lowest BCUT2D eigenvalue weighted by molar-refractivity contribution is 1.18. The smallest absolute Gasteiger partial charge is 0.194 e. The van der Waals surface area contributed by atoms with Crippen LogP contribution in [0.4, 0.5) is 5.69 Å². The van der Waals surface area contributed by atoms with Crippen molar-refractivity contribution in [3.05, 3.63) is 206 Å². The molecule has 0 fully saturated rings.